The molecule has 0 saturated carbocycles. The Morgan fingerprint density at radius 3 is 2.43 bits per heavy atom. The van der Waals surface area contributed by atoms with E-state index >= 15 is 0 Å². The molecule has 0 atom stereocenters. The summed E-state index contributed by atoms with van der Waals surface area (Å²) in [6.45, 7) is 0.108. The lowest BCUT2D eigenvalue weighted by atomic mass is 10.2. The molecular formula is C14H11F3N2O2. The SMILES string of the molecule is COc1ccc(CNC(=O)c2cc(F)c(F)c(F)c2)cn1. The summed E-state index contributed by atoms with van der Waals surface area (Å²) in [6.07, 6.45) is 1.49. The summed E-state index contributed by atoms with van der Waals surface area (Å²) in [7, 11) is 1.47. The second kappa shape index (κ2) is 6.25. The van der Waals surface area contributed by atoms with Crippen LogP contribution in [0.2, 0.25) is 0 Å². The number of carbonyl (C=O) groups excluding carboxylic acids is 1. The van der Waals surface area contributed by atoms with Crippen molar-refractivity contribution in [1.29, 1.82) is 0 Å². The molecule has 7 heteroatoms. The zero-order valence-corrected chi connectivity index (χ0v) is 11.0. The molecule has 0 radical (unpaired) electrons. The molecule has 1 aromatic carbocycles. The predicted molar refractivity (Wildman–Crippen MR) is 68.3 cm³/mol. The minimum absolute atomic E-state index is 0.108. The second-order valence-corrected chi connectivity index (χ2v) is 4.15. The van der Waals surface area contributed by atoms with Crippen LogP contribution in [0.4, 0.5) is 13.2 Å². The van der Waals surface area contributed by atoms with E-state index in [1.807, 2.05) is 0 Å². The van der Waals surface area contributed by atoms with Crippen molar-refractivity contribution in [3.63, 3.8) is 0 Å². The number of nitrogens with one attached hydrogen (secondary N) is 1. The van der Waals surface area contributed by atoms with Gasteiger partial charge in [-0.3, -0.25) is 4.79 Å². The van der Waals surface area contributed by atoms with Crippen molar-refractivity contribution in [2.24, 2.45) is 0 Å². The van der Waals surface area contributed by atoms with Crippen molar-refractivity contribution in [2.75, 3.05) is 7.11 Å². The van der Waals surface area contributed by atoms with Crippen molar-refractivity contribution in [3.05, 3.63) is 59.0 Å². The van der Waals surface area contributed by atoms with Crippen LogP contribution in [0.5, 0.6) is 5.88 Å². The number of aromatic nitrogens is 1. The van der Waals surface area contributed by atoms with E-state index in [2.05, 4.69) is 10.3 Å². The molecule has 4 nitrogen and oxygen atoms in total. The first-order chi connectivity index (χ1) is 10.0. The monoisotopic (exact) mass is 296 g/mol. The molecule has 1 aromatic heterocycles. The van der Waals surface area contributed by atoms with E-state index in [9.17, 15) is 18.0 Å². The topological polar surface area (TPSA) is 51.2 Å². The van der Waals surface area contributed by atoms with Gasteiger partial charge in [-0.1, -0.05) is 6.07 Å². The number of hydrogen-bond acceptors (Lipinski definition) is 3. The minimum atomic E-state index is -1.61. The Morgan fingerprint density at radius 1 is 1.24 bits per heavy atom. The molecular weight excluding hydrogens is 285 g/mol. The zero-order chi connectivity index (χ0) is 15.4. The Bertz CT molecular complexity index is 637. The zero-order valence-electron chi connectivity index (χ0n) is 11.0. The van der Waals surface area contributed by atoms with Crippen LogP contribution < -0.4 is 10.1 Å². The number of rotatable bonds is 4. The Labute approximate surface area is 118 Å². The molecule has 0 aliphatic carbocycles. The Morgan fingerprint density at radius 2 is 1.90 bits per heavy atom. The molecule has 0 fully saturated rings. The maximum Gasteiger partial charge on any atom is 0.251 e. The van der Waals surface area contributed by atoms with Gasteiger partial charge < -0.3 is 10.1 Å². The molecule has 21 heavy (non-hydrogen) atoms. The molecule has 0 spiro atoms. The van der Waals surface area contributed by atoms with E-state index in [1.165, 1.54) is 13.3 Å². The highest BCUT2D eigenvalue weighted by Crippen LogP contribution is 2.14. The Hall–Kier alpha value is -2.57. The third-order valence-corrected chi connectivity index (χ3v) is 2.71. The maximum atomic E-state index is 13.0. The van der Waals surface area contributed by atoms with Crippen molar-refractivity contribution < 1.29 is 22.7 Å². The first-order valence-electron chi connectivity index (χ1n) is 5.93. The van der Waals surface area contributed by atoms with Crippen molar-refractivity contribution in [3.8, 4) is 5.88 Å². The number of nitrogens with zero attached hydrogens (tertiary/aromatic N) is 1. The third-order valence-electron chi connectivity index (χ3n) is 2.71. The van der Waals surface area contributed by atoms with E-state index in [4.69, 9.17) is 4.74 Å². The molecule has 1 N–H and O–H groups in total. The van der Waals surface area contributed by atoms with E-state index in [1.54, 1.807) is 12.1 Å². The molecule has 2 aromatic rings. The minimum Gasteiger partial charge on any atom is -0.481 e. The smallest absolute Gasteiger partial charge is 0.251 e. The fraction of sp³-hybridized carbons (Fsp3) is 0.143. The summed E-state index contributed by atoms with van der Waals surface area (Å²) >= 11 is 0. The molecule has 0 aliphatic heterocycles. The summed E-state index contributed by atoms with van der Waals surface area (Å²) in [6, 6.07) is 4.57. The van der Waals surface area contributed by atoms with Crippen LogP contribution in [0.1, 0.15) is 15.9 Å². The number of amides is 1. The molecule has 0 aliphatic rings. The molecule has 110 valence electrons. The highest BCUT2D eigenvalue weighted by molar-refractivity contribution is 5.94. The lowest BCUT2D eigenvalue weighted by Crippen LogP contribution is -2.23. The third kappa shape index (κ3) is 3.50. The van der Waals surface area contributed by atoms with Gasteiger partial charge in [-0.25, -0.2) is 18.2 Å². The standard InChI is InChI=1S/C14H11F3N2O2/c1-21-12-3-2-8(6-18-12)7-19-14(20)9-4-10(15)13(17)11(16)5-9/h2-6H,7H2,1H3,(H,19,20). The summed E-state index contributed by atoms with van der Waals surface area (Å²) < 4.78 is 43.7. The van der Waals surface area contributed by atoms with Gasteiger partial charge in [-0.15, -0.1) is 0 Å². The van der Waals surface area contributed by atoms with Gasteiger partial charge in [0.25, 0.3) is 5.91 Å². The van der Waals surface area contributed by atoms with Crippen LogP contribution in [0.25, 0.3) is 0 Å². The lowest BCUT2D eigenvalue weighted by molar-refractivity contribution is 0.0949. The van der Waals surface area contributed by atoms with Gasteiger partial charge in [0, 0.05) is 24.4 Å². The van der Waals surface area contributed by atoms with Gasteiger partial charge in [0.15, 0.2) is 17.5 Å². The largest absolute Gasteiger partial charge is 0.481 e. The first-order valence-corrected chi connectivity index (χ1v) is 5.93. The van der Waals surface area contributed by atoms with Crippen molar-refractivity contribution in [1.82, 2.24) is 10.3 Å². The number of carbonyl (C=O) groups is 1. The van der Waals surface area contributed by atoms with Gasteiger partial charge in [-0.05, 0) is 17.7 Å². The van der Waals surface area contributed by atoms with Crippen LogP contribution >= 0.6 is 0 Å². The van der Waals surface area contributed by atoms with Gasteiger partial charge in [-0.2, -0.15) is 0 Å². The average Bonchev–Trinajstić information content (AvgIpc) is 2.50. The van der Waals surface area contributed by atoms with Gasteiger partial charge in [0.2, 0.25) is 5.88 Å². The highest BCUT2D eigenvalue weighted by atomic mass is 19.2. The molecule has 0 unspecified atom stereocenters. The summed E-state index contributed by atoms with van der Waals surface area (Å²) in [4.78, 5) is 15.7. The number of hydrogen-bond donors (Lipinski definition) is 1. The fourth-order valence-electron chi connectivity index (χ4n) is 1.61. The Balaban J connectivity index is 2.04. The predicted octanol–water partition coefficient (Wildman–Crippen LogP) is 2.44. The van der Waals surface area contributed by atoms with Crippen LogP contribution in [-0.2, 0) is 6.54 Å². The van der Waals surface area contributed by atoms with Gasteiger partial charge in [0.1, 0.15) is 0 Å². The van der Waals surface area contributed by atoms with Crippen LogP contribution in [0.15, 0.2) is 30.5 Å². The van der Waals surface area contributed by atoms with Gasteiger partial charge in [0.05, 0.1) is 7.11 Å². The molecule has 1 amide bonds. The number of ether oxygens (including phenoxy) is 1. The summed E-state index contributed by atoms with van der Waals surface area (Å²) in [5, 5.41) is 2.45. The van der Waals surface area contributed by atoms with Crippen LogP contribution in [-0.4, -0.2) is 18.0 Å². The van der Waals surface area contributed by atoms with E-state index < -0.39 is 23.4 Å². The summed E-state index contributed by atoms with van der Waals surface area (Å²) in [5.41, 5.74) is 0.375. The van der Waals surface area contributed by atoms with E-state index in [-0.39, 0.29) is 12.1 Å². The molecule has 2 rings (SSSR count). The van der Waals surface area contributed by atoms with Crippen molar-refractivity contribution in [2.45, 2.75) is 6.54 Å². The fourth-order valence-corrected chi connectivity index (χ4v) is 1.61. The quantitative estimate of drug-likeness (QED) is 0.882. The molecule has 0 saturated heterocycles. The highest BCUT2D eigenvalue weighted by Gasteiger charge is 2.14. The number of methoxy groups -OCH3 is 1. The van der Waals surface area contributed by atoms with E-state index in [0.717, 1.165) is 0 Å². The van der Waals surface area contributed by atoms with Crippen LogP contribution in [0.3, 0.4) is 0 Å². The number of benzene rings is 1. The van der Waals surface area contributed by atoms with Crippen LogP contribution in [0, 0.1) is 17.5 Å². The summed E-state index contributed by atoms with van der Waals surface area (Å²) in [5.74, 6) is -4.72. The normalized spacial score (nSPS) is 10.3. The number of pyridine rings is 1. The molecule has 1 heterocycles. The molecule has 0 bridgehead atoms. The van der Waals surface area contributed by atoms with E-state index in [0.29, 0.717) is 23.6 Å². The average molecular weight is 296 g/mol. The second-order valence-electron chi connectivity index (χ2n) is 4.15. The van der Waals surface area contributed by atoms with Crippen molar-refractivity contribution >= 4 is 5.91 Å². The van der Waals surface area contributed by atoms with Gasteiger partial charge >= 0.3 is 0 Å². The number of halogens is 3. The first kappa shape index (κ1) is 14.8. The Kier molecular flexibility index (Phi) is 4.42. The maximum absolute atomic E-state index is 13.0. The lowest BCUT2D eigenvalue weighted by Gasteiger charge is -2.06.